The van der Waals surface area contributed by atoms with Gasteiger partial charge in [-0.05, 0) is 17.0 Å². The number of nitrogens with zero attached hydrogens (tertiary/aromatic N) is 1. The molecule has 2 aromatic carbocycles. The first-order valence-corrected chi connectivity index (χ1v) is 10.4. The first kappa shape index (κ1) is 20.6. The van der Waals surface area contributed by atoms with Crippen LogP contribution in [0.25, 0.3) is 0 Å². The molecular formula is C24H32N2O2. The van der Waals surface area contributed by atoms with Crippen molar-refractivity contribution in [1.82, 2.24) is 10.2 Å². The van der Waals surface area contributed by atoms with Crippen LogP contribution >= 0.6 is 0 Å². The van der Waals surface area contributed by atoms with E-state index in [4.69, 9.17) is 4.74 Å². The summed E-state index contributed by atoms with van der Waals surface area (Å²) in [5.41, 5.74) is 2.33. The molecule has 4 heteroatoms. The number of morpholine rings is 1. The van der Waals surface area contributed by atoms with Crippen LogP contribution in [-0.4, -0.2) is 43.7 Å². The van der Waals surface area contributed by atoms with Gasteiger partial charge in [0.2, 0.25) is 5.91 Å². The topological polar surface area (TPSA) is 41.6 Å². The molecule has 1 amide bonds. The summed E-state index contributed by atoms with van der Waals surface area (Å²) in [5.74, 6) is 0.294. The third-order valence-corrected chi connectivity index (χ3v) is 5.79. The molecule has 1 aliphatic rings. The Balaban J connectivity index is 1.74. The predicted octanol–water partition coefficient (Wildman–Crippen LogP) is 4.01. The fourth-order valence-electron chi connectivity index (χ4n) is 3.96. The van der Waals surface area contributed by atoms with E-state index in [1.165, 1.54) is 5.56 Å². The molecule has 3 unspecified atom stereocenters. The van der Waals surface area contributed by atoms with E-state index in [2.05, 4.69) is 60.5 Å². The van der Waals surface area contributed by atoms with E-state index >= 15 is 0 Å². The van der Waals surface area contributed by atoms with Gasteiger partial charge in [-0.25, -0.2) is 0 Å². The van der Waals surface area contributed by atoms with Crippen molar-refractivity contribution in [3.05, 3.63) is 71.8 Å². The Bertz CT molecular complexity index is 714. The van der Waals surface area contributed by atoms with E-state index < -0.39 is 0 Å². The number of nitrogens with one attached hydrogen (secondary N) is 1. The van der Waals surface area contributed by atoms with Crippen LogP contribution in [0.3, 0.4) is 0 Å². The highest BCUT2D eigenvalue weighted by molar-refractivity contribution is 5.84. The summed E-state index contributed by atoms with van der Waals surface area (Å²) in [4.78, 5) is 15.6. The molecule has 28 heavy (non-hydrogen) atoms. The van der Waals surface area contributed by atoms with Gasteiger partial charge in [0.1, 0.15) is 0 Å². The third kappa shape index (κ3) is 5.21. The highest BCUT2D eigenvalue weighted by Gasteiger charge is 2.28. The van der Waals surface area contributed by atoms with E-state index in [0.717, 1.165) is 38.3 Å². The molecule has 3 atom stereocenters. The Morgan fingerprint density at radius 1 is 1.00 bits per heavy atom. The second kappa shape index (κ2) is 10.4. The molecule has 1 fully saturated rings. The largest absolute Gasteiger partial charge is 0.379 e. The molecule has 0 bridgehead atoms. The van der Waals surface area contributed by atoms with Crippen LogP contribution in [0.4, 0.5) is 0 Å². The summed E-state index contributed by atoms with van der Waals surface area (Å²) in [6, 6.07) is 20.8. The van der Waals surface area contributed by atoms with Gasteiger partial charge < -0.3 is 10.1 Å². The Morgan fingerprint density at radius 3 is 2.14 bits per heavy atom. The van der Waals surface area contributed by atoms with E-state index in [-0.39, 0.29) is 17.9 Å². The van der Waals surface area contributed by atoms with Crippen molar-refractivity contribution in [1.29, 1.82) is 0 Å². The lowest BCUT2D eigenvalue weighted by molar-refractivity contribution is -0.124. The van der Waals surface area contributed by atoms with Crippen molar-refractivity contribution in [3.63, 3.8) is 0 Å². The predicted molar refractivity (Wildman–Crippen MR) is 113 cm³/mol. The Kier molecular flexibility index (Phi) is 7.63. The van der Waals surface area contributed by atoms with Crippen molar-refractivity contribution in [2.24, 2.45) is 5.92 Å². The molecule has 1 heterocycles. The number of hydrogen-bond donors (Lipinski definition) is 1. The number of benzene rings is 2. The highest BCUT2D eigenvalue weighted by atomic mass is 16.5. The van der Waals surface area contributed by atoms with Gasteiger partial charge >= 0.3 is 0 Å². The minimum atomic E-state index is -0.118. The van der Waals surface area contributed by atoms with Crippen LogP contribution in [0.5, 0.6) is 0 Å². The monoisotopic (exact) mass is 380 g/mol. The number of amides is 1. The average Bonchev–Trinajstić information content (AvgIpc) is 2.76. The normalized spacial score (nSPS) is 18.2. The average molecular weight is 381 g/mol. The van der Waals surface area contributed by atoms with Crippen molar-refractivity contribution in [2.75, 3.05) is 32.8 Å². The molecule has 4 nitrogen and oxygen atoms in total. The smallest absolute Gasteiger partial charge is 0.227 e. The van der Waals surface area contributed by atoms with Crippen LogP contribution in [0, 0.1) is 5.92 Å². The lowest BCUT2D eigenvalue weighted by atomic mass is 9.85. The molecule has 0 spiro atoms. The van der Waals surface area contributed by atoms with Gasteiger partial charge in [0.15, 0.2) is 0 Å². The molecule has 3 rings (SSSR count). The number of carbonyl (C=O) groups is 1. The minimum Gasteiger partial charge on any atom is -0.379 e. The number of hydrogen-bond acceptors (Lipinski definition) is 3. The van der Waals surface area contributed by atoms with Gasteiger partial charge in [-0.2, -0.15) is 0 Å². The summed E-state index contributed by atoms with van der Waals surface area (Å²) in [5, 5.41) is 3.27. The fraction of sp³-hybridized carbons (Fsp3) is 0.458. The van der Waals surface area contributed by atoms with Gasteiger partial charge in [0.25, 0.3) is 0 Å². The summed E-state index contributed by atoms with van der Waals surface area (Å²) in [6.45, 7) is 8.20. The first-order valence-electron chi connectivity index (χ1n) is 10.4. The van der Waals surface area contributed by atoms with Crippen molar-refractivity contribution >= 4 is 5.91 Å². The lowest BCUT2D eigenvalue weighted by Gasteiger charge is -2.35. The maximum Gasteiger partial charge on any atom is 0.227 e. The Morgan fingerprint density at radius 2 is 1.57 bits per heavy atom. The van der Waals surface area contributed by atoms with Crippen LogP contribution in [0.2, 0.25) is 0 Å². The van der Waals surface area contributed by atoms with Crippen molar-refractivity contribution < 1.29 is 9.53 Å². The van der Waals surface area contributed by atoms with Crippen molar-refractivity contribution in [2.45, 2.75) is 32.2 Å². The molecule has 0 radical (unpaired) electrons. The molecule has 0 saturated carbocycles. The van der Waals surface area contributed by atoms with Crippen LogP contribution in [0.15, 0.2) is 60.7 Å². The maximum absolute atomic E-state index is 13.2. The molecule has 0 aliphatic carbocycles. The third-order valence-electron chi connectivity index (χ3n) is 5.79. The van der Waals surface area contributed by atoms with Gasteiger partial charge in [-0.3, -0.25) is 9.69 Å². The summed E-state index contributed by atoms with van der Waals surface area (Å²) in [6.07, 6.45) is 0.971. The van der Waals surface area contributed by atoms with Crippen LogP contribution in [-0.2, 0) is 9.53 Å². The summed E-state index contributed by atoms with van der Waals surface area (Å²) in [7, 11) is 0. The second-order valence-corrected chi connectivity index (χ2v) is 7.59. The quantitative estimate of drug-likeness (QED) is 0.752. The second-order valence-electron chi connectivity index (χ2n) is 7.59. The molecule has 150 valence electrons. The summed E-state index contributed by atoms with van der Waals surface area (Å²) < 4.78 is 5.52. The molecule has 0 aromatic heterocycles. The fourth-order valence-corrected chi connectivity index (χ4v) is 3.96. The van der Waals surface area contributed by atoms with Gasteiger partial charge in [-0.15, -0.1) is 0 Å². The van der Waals surface area contributed by atoms with Gasteiger partial charge in [0, 0.05) is 19.6 Å². The molecule has 1 N–H and O–H groups in total. The first-order chi connectivity index (χ1) is 13.7. The van der Waals surface area contributed by atoms with E-state index in [9.17, 15) is 4.79 Å². The van der Waals surface area contributed by atoms with Gasteiger partial charge in [0.05, 0.1) is 25.2 Å². The molecular weight excluding hydrogens is 348 g/mol. The number of rotatable bonds is 8. The number of ether oxygens (including phenoxy) is 1. The van der Waals surface area contributed by atoms with Gasteiger partial charge in [-0.1, -0.05) is 80.9 Å². The van der Waals surface area contributed by atoms with E-state index in [1.54, 1.807) is 0 Å². The van der Waals surface area contributed by atoms with Crippen molar-refractivity contribution in [3.8, 4) is 0 Å². The standard InChI is InChI=1S/C24H32N2O2/c1-3-19(2)23(21-12-8-5-9-13-21)24(27)25-18-22(20-10-6-4-7-11-20)26-14-16-28-17-15-26/h4-13,19,22-23H,3,14-18H2,1-2H3,(H,25,27). The molecule has 1 saturated heterocycles. The molecule has 1 aliphatic heterocycles. The van der Waals surface area contributed by atoms with E-state index in [1.807, 2.05) is 24.3 Å². The lowest BCUT2D eigenvalue weighted by Crippen LogP contribution is -2.45. The zero-order valence-electron chi connectivity index (χ0n) is 17.0. The van der Waals surface area contributed by atoms with E-state index in [0.29, 0.717) is 12.5 Å². The Labute approximate surface area is 168 Å². The molecule has 2 aromatic rings. The number of carbonyl (C=O) groups excluding carboxylic acids is 1. The highest BCUT2D eigenvalue weighted by Crippen LogP contribution is 2.28. The maximum atomic E-state index is 13.2. The Hall–Kier alpha value is -2.17. The summed E-state index contributed by atoms with van der Waals surface area (Å²) >= 11 is 0. The SMILES string of the molecule is CCC(C)C(C(=O)NCC(c1ccccc1)N1CCOCC1)c1ccccc1. The zero-order chi connectivity index (χ0) is 19.8. The minimum absolute atomic E-state index is 0.118. The zero-order valence-corrected chi connectivity index (χ0v) is 17.0. The van der Waals surface area contributed by atoms with Crippen LogP contribution < -0.4 is 5.32 Å². The van der Waals surface area contributed by atoms with Crippen LogP contribution in [0.1, 0.15) is 43.4 Å².